The van der Waals surface area contributed by atoms with Crippen LogP contribution in [0.4, 0.5) is 5.69 Å². The number of amides is 1. The highest BCUT2D eigenvalue weighted by Crippen LogP contribution is 2.28. The molecule has 1 aliphatic rings. The van der Waals surface area contributed by atoms with Gasteiger partial charge in [-0.3, -0.25) is 4.79 Å². The molecule has 1 fully saturated rings. The fraction of sp³-hybridized carbons (Fsp3) is 0.550. The molecule has 7 nitrogen and oxygen atoms in total. The Morgan fingerprint density at radius 1 is 1.34 bits per heavy atom. The van der Waals surface area contributed by atoms with Crippen LogP contribution in [0, 0.1) is 12.8 Å². The van der Waals surface area contributed by atoms with E-state index < -0.39 is 9.84 Å². The van der Waals surface area contributed by atoms with Crippen molar-refractivity contribution in [2.75, 3.05) is 22.6 Å². The Hall–Kier alpha value is -1.87. The molecule has 1 atom stereocenters. The van der Waals surface area contributed by atoms with Crippen LogP contribution in [0.15, 0.2) is 23.4 Å². The molecule has 29 heavy (non-hydrogen) atoms. The molecule has 0 saturated carbocycles. The summed E-state index contributed by atoms with van der Waals surface area (Å²) < 4.78 is 25.2. The molecule has 0 aliphatic carbocycles. The van der Waals surface area contributed by atoms with Gasteiger partial charge in [0.15, 0.2) is 15.0 Å². The number of hydrogen-bond donors (Lipinski definition) is 1. The second kappa shape index (κ2) is 8.87. The van der Waals surface area contributed by atoms with Crippen molar-refractivity contribution in [1.29, 1.82) is 0 Å². The molecule has 1 amide bonds. The number of nitrogens with one attached hydrogen (secondary N) is 1. The first-order valence-electron chi connectivity index (χ1n) is 9.77. The molecule has 3 rings (SSSR count). The molecule has 1 aromatic heterocycles. The van der Waals surface area contributed by atoms with Crippen LogP contribution in [0.25, 0.3) is 0 Å². The third kappa shape index (κ3) is 5.39. The number of aromatic nitrogens is 3. The van der Waals surface area contributed by atoms with Gasteiger partial charge in [-0.25, -0.2) is 8.42 Å². The van der Waals surface area contributed by atoms with Crippen LogP contribution >= 0.6 is 11.8 Å². The molecule has 2 aromatic rings. The third-order valence-electron chi connectivity index (χ3n) is 5.25. The van der Waals surface area contributed by atoms with Crippen LogP contribution < -0.4 is 5.32 Å². The summed E-state index contributed by atoms with van der Waals surface area (Å²) in [7, 11) is -1.04. The largest absolute Gasteiger partial charge is 0.325 e. The highest BCUT2D eigenvalue weighted by atomic mass is 32.2. The normalized spacial score (nSPS) is 18.3. The minimum Gasteiger partial charge on any atom is -0.325 e. The molecule has 1 saturated heterocycles. The maximum absolute atomic E-state index is 12.5. The smallest absolute Gasteiger partial charge is 0.234 e. The lowest BCUT2D eigenvalue weighted by molar-refractivity contribution is -0.113. The fourth-order valence-electron chi connectivity index (χ4n) is 3.59. The number of nitrogens with zero attached hydrogens (tertiary/aromatic N) is 3. The lowest BCUT2D eigenvalue weighted by Gasteiger charge is -2.16. The van der Waals surface area contributed by atoms with E-state index >= 15 is 0 Å². The number of rotatable bonds is 7. The fourth-order valence-corrected chi connectivity index (χ4v) is 6.18. The van der Waals surface area contributed by atoms with Gasteiger partial charge in [-0.2, -0.15) is 0 Å². The zero-order valence-corrected chi connectivity index (χ0v) is 18.9. The first kappa shape index (κ1) is 21.8. The van der Waals surface area contributed by atoms with E-state index in [1.807, 2.05) is 36.7 Å². The van der Waals surface area contributed by atoms with Gasteiger partial charge in [0.2, 0.25) is 5.91 Å². The van der Waals surface area contributed by atoms with Crippen LogP contribution in [0.2, 0.25) is 0 Å². The number of aryl methyl sites for hydroxylation is 1. The van der Waals surface area contributed by atoms with Gasteiger partial charge in [0.05, 0.1) is 17.3 Å². The van der Waals surface area contributed by atoms with Gasteiger partial charge in [0.1, 0.15) is 5.82 Å². The van der Waals surface area contributed by atoms with E-state index in [1.165, 1.54) is 11.8 Å². The Balaban J connectivity index is 1.60. The van der Waals surface area contributed by atoms with Crippen molar-refractivity contribution in [1.82, 2.24) is 14.8 Å². The van der Waals surface area contributed by atoms with Gasteiger partial charge in [-0.05, 0) is 36.3 Å². The zero-order chi connectivity index (χ0) is 21.2. The van der Waals surface area contributed by atoms with E-state index in [9.17, 15) is 13.2 Å². The number of carbonyl (C=O) groups is 1. The average Bonchev–Trinajstić information content (AvgIpc) is 3.17. The minimum atomic E-state index is -2.90. The number of sulfone groups is 1. The molecule has 1 N–H and O–H groups in total. The van der Waals surface area contributed by atoms with Crippen molar-refractivity contribution in [2.24, 2.45) is 13.0 Å². The highest BCUT2D eigenvalue weighted by molar-refractivity contribution is 7.99. The minimum absolute atomic E-state index is 0.0855. The molecular weight excluding hydrogens is 408 g/mol. The van der Waals surface area contributed by atoms with E-state index in [-0.39, 0.29) is 29.1 Å². The second-order valence-electron chi connectivity index (χ2n) is 7.96. The summed E-state index contributed by atoms with van der Waals surface area (Å²) in [6, 6.07) is 6.04. The number of anilines is 1. The SMILES string of the molecule is Cc1cccc(C(C)C)c1NC(=O)CSc1nnc(CC2CCS(=O)(=O)C2)n1C. The predicted molar refractivity (Wildman–Crippen MR) is 116 cm³/mol. The Morgan fingerprint density at radius 2 is 2.10 bits per heavy atom. The Kier molecular flexibility index (Phi) is 6.68. The molecule has 0 spiro atoms. The van der Waals surface area contributed by atoms with Crippen molar-refractivity contribution in [3.8, 4) is 0 Å². The van der Waals surface area contributed by atoms with Crippen LogP contribution in [0.1, 0.15) is 43.1 Å². The molecule has 0 radical (unpaired) electrons. The molecule has 158 valence electrons. The number of carbonyl (C=O) groups excluding carboxylic acids is 1. The van der Waals surface area contributed by atoms with Crippen LogP contribution in [0.5, 0.6) is 0 Å². The molecule has 1 unspecified atom stereocenters. The first-order chi connectivity index (χ1) is 13.7. The molecule has 1 aromatic carbocycles. The summed E-state index contributed by atoms with van der Waals surface area (Å²) in [5.74, 6) is 1.80. The van der Waals surface area contributed by atoms with Crippen LogP contribution in [-0.2, 0) is 28.1 Å². The highest BCUT2D eigenvalue weighted by Gasteiger charge is 2.29. The summed E-state index contributed by atoms with van der Waals surface area (Å²) >= 11 is 1.33. The van der Waals surface area contributed by atoms with E-state index in [0.717, 1.165) is 22.6 Å². The average molecular weight is 437 g/mol. The maximum Gasteiger partial charge on any atom is 0.234 e. The van der Waals surface area contributed by atoms with E-state index in [0.29, 0.717) is 23.9 Å². The van der Waals surface area contributed by atoms with Crippen molar-refractivity contribution >= 4 is 33.2 Å². The predicted octanol–water partition coefficient (Wildman–Crippen LogP) is 2.95. The Morgan fingerprint density at radius 3 is 2.76 bits per heavy atom. The number of thioether (sulfide) groups is 1. The third-order valence-corrected chi connectivity index (χ3v) is 8.10. The molecule has 9 heteroatoms. The first-order valence-corrected chi connectivity index (χ1v) is 12.6. The maximum atomic E-state index is 12.5. The van der Waals surface area contributed by atoms with Crippen LogP contribution in [-0.4, -0.2) is 46.3 Å². The summed E-state index contributed by atoms with van der Waals surface area (Å²) in [5.41, 5.74) is 3.05. The summed E-state index contributed by atoms with van der Waals surface area (Å²) in [6.07, 6.45) is 1.27. The lowest BCUT2D eigenvalue weighted by atomic mass is 9.98. The van der Waals surface area contributed by atoms with Gasteiger partial charge < -0.3 is 9.88 Å². The van der Waals surface area contributed by atoms with Crippen molar-refractivity contribution in [2.45, 2.75) is 44.7 Å². The topological polar surface area (TPSA) is 94.0 Å². The Bertz CT molecular complexity index is 999. The monoisotopic (exact) mass is 436 g/mol. The molecule has 1 aliphatic heterocycles. The summed E-state index contributed by atoms with van der Waals surface area (Å²) in [5, 5.41) is 12.1. The van der Waals surface area contributed by atoms with Gasteiger partial charge in [0.25, 0.3) is 0 Å². The Labute approximate surface area is 176 Å². The van der Waals surface area contributed by atoms with Gasteiger partial charge in [-0.1, -0.05) is 43.8 Å². The van der Waals surface area contributed by atoms with Gasteiger partial charge >= 0.3 is 0 Å². The summed E-state index contributed by atoms with van der Waals surface area (Å²) in [4.78, 5) is 12.5. The van der Waals surface area contributed by atoms with Crippen molar-refractivity contribution < 1.29 is 13.2 Å². The number of benzene rings is 1. The summed E-state index contributed by atoms with van der Waals surface area (Å²) in [6.45, 7) is 6.21. The molecule has 2 heterocycles. The molecule has 0 bridgehead atoms. The van der Waals surface area contributed by atoms with Gasteiger partial charge in [-0.15, -0.1) is 10.2 Å². The second-order valence-corrected chi connectivity index (χ2v) is 11.1. The standard InChI is InChI=1S/C20H28N4O3S2/c1-13(2)16-7-5-6-14(3)19(16)21-18(25)11-28-20-23-22-17(24(20)4)10-15-8-9-29(26,27)12-15/h5-7,13,15H,8-12H2,1-4H3,(H,21,25). The van der Waals surface area contributed by atoms with Gasteiger partial charge in [0, 0.05) is 19.2 Å². The number of para-hydroxylation sites is 1. The zero-order valence-electron chi connectivity index (χ0n) is 17.3. The van der Waals surface area contributed by atoms with Crippen LogP contribution in [0.3, 0.4) is 0 Å². The van der Waals surface area contributed by atoms with E-state index in [1.54, 1.807) is 0 Å². The lowest BCUT2D eigenvalue weighted by Crippen LogP contribution is -2.17. The number of hydrogen-bond acceptors (Lipinski definition) is 6. The van der Waals surface area contributed by atoms with E-state index in [4.69, 9.17) is 0 Å². The quantitative estimate of drug-likeness (QED) is 0.671. The van der Waals surface area contributed by atoms with Crippen molar-refractivity contribution in [3.63, 3.8) is 0 Å². The van der Waals surface area contributed by atoms with Crippen molar-refractivity contribution in [3.05, 3.63) is 35.2 Å². The van der Waals surface area contributed by atoms with E-state index in [2.05, 4.69) is 29.4 Å². The molecular formula is C20H28N4O3S2.